The summed E-state index contributed by atoms with van der Waals surface area (Å²) in [5, 5.41) is 0. The first-order valence-corrected chi connectivity index (χ1v) is 7.70. The van der Waals surface area contributed by atoms with Gasteiger partial charge in [0.1, 0.15) is 0 Å². The van der Waals surface area contributed by atoms with E-state index in [1.54, 1.807) is 30.8 Å². The molecule has 1 rings (SSSR count). The van der Waals surface area contributed by atoms with Gasteiger partial charge in [-0.3, -0.25) is 0 Å². The van der Waals surface area contributed by atoms with Crippen LogP contribution in [0.15, 0.2) is 23.1 Å². The number of sulfonamides is 1. The molecule has 6 heteroatoms. The Morgan fingerprint density at radius 3 is 2.69 bits per heavy atom. The van der Waals surface area contributed by atoms with Gasteiger partial charge in [0.25, 0.3) is 0 Å². The van der Waals surface area contributed by atoms with Gasteiger partial charge in [-0.15, -0.1) is 0 Å². The Bertz CT molecular complexity index is 458. The van der Waals surface area contributed by atoms with Gasteiger partial charge in [0.2, 0.25) is 10.0 Å². The first-order valence-electron chi connectivity index (χ1n) is 4.82. The number of nitrogens with two attached hydrogens (primary N) is 1. The fourth-order valence-corrected chi connectivity index (χ4v) is 2.73. The van der Waals surface area contributed by atoms with Crippen molar-refractivity contribution in [1.29, 1.82) is 0 Å². The molecule has 0 aliphatic heterocycles. The smallest absolute Gasteiger partial charge is 0.240 e. The molecule has 0 saturated carbocycles. The Morgan fingerprint density at radius 2 is 2.12 bits per heavy atom. The van der Waals surface area contributed by atoms with Crippen molar-refractivity contribution in [1.82, 2.24) is 4.72 Å². The Kier molecular flexibility index (Phi) is 4.64. The maximum Gasteiger partial charge on any atom is 0.240 e. The fourth-order valence-electron chi connectivity index (χ4n) is 1.18. The lowest BCUT2D eigenvalue weighted by molar-refractivity contribution is 0.584. The molecule has 90 valence electrons. The first kappa shape index (κ1) is 13.3. The molecule has 1 aromatic rings. The van der Waals surface area contributed by atoms with E-state index in [0.29, 0.717) is 12.2 Å². The fraction of sp³-hybridized carbons (Fsp3) is 0.400. The third-order valence-electron chi connectivity index (χ3n) is 2.15. The summed E-state index contributed by atoms with van der Waals surface area (Å²) in [5.74, 6) is 0.757. The van der Waals surface area contributed by atoms with Crippen LogP contribution in [-0.4, -0.2) is 27.0 Å². The van der Waals surface area contributed by atoms with Gasteiger partial charge in [0.15, 0.2) is 0 Å². The molecule has 0 bridgehead atoms. The van der Waals surface area contributed by atoms with E-state index in [-0.39, 0.29) is 4.90 Å². The van der Waals surface area contributed by atoms with Gasteiger partial charge in [-0.05, 0) is 36.9 Å². The van der Waals surface area contributed by atoms with Gasteiger partial charge in [-0.1, -0.05) is 0 Å². The van der Waals surface area contributed by atoms with Crippen molar-refractivity contribution in [3.8, 4) is 0 Å². The van der Waals surface area contributed by atoms with Crippen LogP contribution >= 0.6 is 11.8 Å². The zero-order chi connectivity index (χ0) is 12.2. The van der Waals surface area contributed by atoms with Crippen molar-refractivity contribution < 1.29 is 8.42 Å². The molecule has 0 spiro atoms. The zero-order valence-corrected chi connectivity index (χ0v) is 11.0. The molecule has 0 atom stereocenters. The highest BCUT2D eigenvalue weighted by Gasteiger charge is 2.13. The van der Waals surface area contributed by atoms with Gasteiger partial charge < -0.3 is 5.73 Å². The van der Waals surface area contributed by atoms with Gasteiger partial charge in [0.05, 0.1) is 4.90 Å². The molecule has 0 aliphatic carbocycles. The SMILES string of the molecule is CSCCNS(=O)(=O)c1ccc(N)c(C)c1. The molecule has 0 heterocycles. The van der Waals surface area contributed by atoms with Crippen LogP contribution in [0, 0.1) is 6.92 Å². The highest BCUT2D eigenvalue weighted by molar-refractivity contribution is 7.98. The van der Waals surface area contributed by atoms with Crippen molar-refractivity contribution in [2.75, 3.05) is 24.3 Å². The third kappa shape index (κ3) is 3.40. The van der Waals surface area contributed by atoms with Crippen LogP contribution in [0.4, 0.5) is 5.69 Å². The maximum atomic E-state index is 11.8. The summed E-state index contributed by atoms with van der Waals surface area (Å²) in [4.78, 5) is 0.264. The van der Waals surface area contributed by atoms with Crippen molar-refractivity contribution in [2.24, 2.45) is 0 Å². The summed E-state index contributed by atoms with van der Waals surface area (Å²) in [7, 11) is -3.39. The monoisotopic (exact) mass is 260 g/mol. The largest absolute Gasteiger partial charge is 0.399 e. The van der Waals surface area contributed by atoms with Crippen LogP contribution in [0.25, 0.3) is 0 Å². The number of rotatable bonds is 5. The third-order valence-corrected chi connectivity index (χ3v) is 4.22. The van der Waals surface area contributed by atoms with E-state index in [9.17, 15) is 8.42 Å². The minimum atomic E-state index is -3.39. The van der Waals surface area contributed by atoms with E-state index in [1.807, 2.05) is 6.26 Å². The van der Waals surface area contributed by atoms with Crippen LogP contribution in [0.2, 0.25) is 0 Å². The predicted molar refractivity (Wildman–Crippen MR) is 69.2 cm³/mol. The van der Waals surface area contributed by atoms with Crippen molar-refractivity contribution in [2.45, 2.75) is 11.8 Å². The first-order chi connectivity index (χ1) is 7.47. The molecular weight excluding hydrogens is 244 g/mol. The molecule has 4 nitrogen and oxygen atoms in total. The zero-order valence-electron chi connectivity index (χ0n) is 9.36. The number of anilines is 1. The number of thioether (sulfide) groups is 1. The lowest BCUT2D eigenvalue weighted by Gasteiger charge is -2.07. The number of benzene rings is 1. The minimum absolute atomic E-state index is 0.264. The topological polar surface area (TPSA) is 72.2 Å². The molecule has 16 heavy (non-hydrogen) atoms. The van der Waals surface area contributed by atoms with Crippen LogP contribution < -0.4 is 10.5 Å². The van der Waals surface area contributed by atoms with Crippen molar-refractivity contribution in [3.63, 3.8) is 0 Å². The molecular formula is C10H16N2O2S2. The molecule has 0 saturated heterocycles. The van der Waals surface area contributed by atoms with Gasteiger partial charge >= 0.3 is 0 Å². The van der Waals surface area contributed by atoms with Gasteiger partial charge in [-0.25, -0.2) is 13.1 Å². The standard InChI is InChI=1S/C10H16N2O2S2/c1-8-7-9(3-4-10(8)11)16(13,14)12-5-6-15-2/h3-4,7,12H,5-6,11H2,1-2H3. The van der Waals surface area contributed by atoms with Crippen LogP contribution in [0.5, 0.6) is 0 Å². The molecule has 0 fully saturated rings. The second-order valence-corrected chi connectivity index (χ2v) is 6.16. The van der Waals surface area contributed by atoms with Gasteiger partial charge in [-0.2, -0.15) is 11.8 Å². The quantitative estimate of drug-likeness (QED) is 0.617. The van der Waals surface area contributed by atoms with Gasteiger partial charge in [0, 0.05) is 18.0 Å². The summed E-state index contributed by atoms with van der Waals surface area (Å²) >= 11 is 1.60. The summed E-state index contributed by atoms with van der Waals surface area (Å²) in [6.45, 7) is 2.23. The van der Waals surface area contributed by atoms with Crippen LogP contribution in [-0.2, 0) is 10.0 Å². The number of nitrogen functional groups attached to an aromatic ring is 1. The highest BCUT2D eigenvalue weighted by atomic mass is 32.2. The predicted octanol–water partition coefficient (Wildman–Crippen LogP) is 1.22. The van der Waals surface area contributed by atoms with E-state index >= 15 is 0 Å². The molecule has 0 aliphatic rings. The normalized spacial score (nSPS) is 11.6. The van der Waals surface area contributed by atoms with Crippen LogP contribution in [0.3, 0.4) is 0 Å². The second kappa shape index (κ2) is 5.56. The molecule has 3 N–H and O–H groups in total. The van der Waals surface area contributed by atoms with E-state index in [1.165, 1.54) is 6.07 Å². The minimum Gasteiger partial charge on any atom is -0.399 e. The number of nitrogens with one attached hydrogen (secondary N) is 1. The summed E-state index contributed by atoms with van der Waals surface area (Å²) in [5.41, 5.74) is 7.01. The number of aryl methyl sites for hydroxylation is 1. The Balaban J connectivity index is 2.86. The summed E-state index contributed by atoms with van der Waals surface area (Å²) in [6, 6.07) is 4.71. The Morgan fingerprint density at radius 1 is 1.44 bits per heavy atom. The average molecular weight is 260 g/mol. The summed E-state index contributed by atoms with van der Waals surface area (Å²) < 4.78 is 26.2. The van der Waals surface area contributed by atoms with E-state index in [0.717, 1.165) is 11.3 Å². The van der Waals surface area contributed by atoms with E-state index < -0.39 is 10.0 Å². The van der Waals surface area contributed by atoms with E-state index in [2.05, 4.69) is 4.72 Å². The number of hydrogen-bond donors (Lipinski definition) is 2. The molecule has 0 amide bonds. The lowest BCUT2D eigenvalue weighted by atomic mass is 10.2. The lowest BCUT2D eigenvalue weighted by Crippen LogP contribution is -2.26. The Labute approximate surface area is 101 Å². The van der Waals surface area contributed by atoms with Crippen molar-refractivity contribution in [3.05, 3.63) is 23.8 Å². The maximum absolute atomic E-state index is 11.8. The average Bonchev–Trinajstić information content (AvgIpc) is 2.22. The summed E-state index contributed by atoms with van der Waals surface area (Å²) in [6.07, 6.45) is 1.93. The Hall–Kier alpha value is -0.720. The van der Waals surface area contributed by atoms with E-state index in [4.69, 9.17) is 5.73 Å². The second-order valence-electron chi connectivity index (χ2n) is 3.41. The molecule has 1 aromatic carbocycles. The van der Waals surface area contributed by atoms with Crippen molar-refractivity contribution >= 4 is 27.5 Å². The number of hydrogen-bond acceptors (Lipinski definition) is 4. The van der Waals surface area contributed by atoms with Crippen LogP contribution in [0.1, 0.15) is 5.56 Å². The molecule has 0 aromatic heterocycles. The molecule has 0 unspecified atom stereocenters. The molecule has 0 radical (unpaired) electrons. The highest BCUT2D eigenvalue weighted by Crippen LogP contribution is 2.16.